The Morgan fingerprint density at radius 1 is 1.37 bits per heavy atom. The molecule has 1 saturated carbocycles. The maximum Gasteiger partial charge on any atom is 0.309 e. The SMILES string of the molecule is CCCC(C)C(CC)C(=O)OCC1CCCC(O)C1. The van der Waals surface area contributed by atoms with Gasteiger partial charge in [0.15, 0.2) is 0 Å². The fraction of sp³-hybridized carbons (Fsp3) is 0.938. The summed E-state index contributed by atoms with van der Waals surface area (Å²) in [6.07, 6.45) is 6.66. The Labute approximate surface area is 117 Å². The molecule has 0 aromatic carbocycles. The first-order valence-corrected chi connectivity index (χ1v) is 7.93. The zero-order valence-corrected chi connectivity index (χ0v) is 12.7. The fourth-order valence-corrected chi connectivity index (χ4v) is 3.18. The van der Waals surface area contributed by atoms with Crippen molar-refractivity contribution >= 4 is 5.97 Å². The van der Waals surface area contributed by atoms with E-state index in [1.54, 1.807) is 0 Å². The van der Waals surface area contributed by atoms with Gasteiger partial charge in [0.2, 0.25) is 0 Å². The monoisotopic (exact) mass is 270 g/mol. The van der Waals surface area contributed by atoms with Gasteiger partial charge in [-0.3, -0.25) is 4.79 Å². The summed E-state index contributed by atoms with van der Waals surface area (Å²) >= 11 is 0. The van der Waals surface area contributed by atoms with Crippen molar-refractivity contribution in [1.29, 1.82) is 0 Å². The van der Waals surface area contributed by atoms with Gasteiger partial charge in [-0.15, -0.1) is 0 Å². The number of carbonyl (C=O) groups is 1. The lowest BCUT2D eigenvalue weighted by molar-refractivity contribution is -0.152. The molecule has 0 radical (unpaired) electrons. The number of hydrogen-bond acceptors (Lipinski definition) is 3. The van der Waals surface area contributed by atoms with Gasteiger partial charge < -0.3 is 9.84 Å². The molecule has 1 aliphatic carbocycles. The summed E-state index contributed by atoms with van der Waals surface area (Å²) in [5.41, 5.74) is 0. The molecule has 4 unspecified atom stereocenters. The maximum atomic E-state index is 12.1. The molecular weight excluding hydrogens is 240 g/mol. The van der Waals surface area contributed by atoms with Crippen LogP contribution in [0.4, 0.5) is 0 Å². The van der Waals surface area contributed by atoms with Crippen molar-refractivity contribution in [3.05, 3.63) is 0 Å². The Morgan fingerprint density at radius 2 is 2.11 bits per heavy atom. The molecular formula is C16H30O3. The molecule has 112 valence electrons. The van der Waals surface area contributed by atoms with E-state index < -0.39 is 0 Å². The fourth-order valence-electron chi connectivity index (χ4n) is 3.18. The highest BCUT2D eigenvalue weighted by Crippen LogP contribution is 2.26. The zero-order chi connectivity index (χ0) is 14.3. The quantitative estimate of drug-likeness (QED) is 0.720. The lowest BCUT2D eigenvalue weighted by Gasteiger charge is -2.27. The van der Waals surface area contributed by atoms with Crippen molar-refractivity contribution in [2.24, 2.45) is 17.8 Å². The first-order chi connectivity index (χ1) is 9.08. The molecule has 4 atom stereocenters. The van der Waals surface area contributed by atoms with Crippen LogP contribution in [0.3, 0.4) is 0 Å². The zero-order valence-electron chi connectivity index (χ0n) is 12.7. The van der Waals surface area contributed by atoms with E-state index in [1.807, 2.05) is 0 Å². The van der Waals surface area contributed by atoms with Crippen molar-refractivity contribution < 1.29 is 14.6 Å². The molecule has 0 spiro atoms. The van der Waals surface area contributed by atoms with E-state index in [1.165, 1.54) is 0 Å². The topological polar surface area (TPSA) is 46.5 Å². The Hall–Kier alpha value is -0.570. The third-order valence-corrected chi connectivity index (χ3v) is 4.39. The van der Waals surface area contributed by atoms with Crippen molar-refractivity contribution in [1.82, 2.24) is 0 Å². The molecule has 1 rings (SSSR count). The molecule has 0 aromatic heterocycles. The summed E-state index contributed by atoms with van der Waals surface area (Å²) in [5.74, 6) is 0.753. The second-order valence-corrected chi connectivity index (χ2v) is 6.10. The second kappa shape index (κ2) is 8.57. The van der Waals surface area contributed by atoms with Gasteiger partial charge in [0.05, 0.1) is 18.6 Å². The van der Waals surface area contributed by atoms with Crippen LogP contribution in [0.1, 0.15) is 65.7 Å². The van der Waals surface area contributed by atoms with E-state index in [0.717, 1.165) is 44.9 Å². The number of aliphatic hydroxyl groups excluding tert-OH is 1. The lowest BCUT2D eigenvalue weighted by Crippen LogP contribution is -2.28. The molecule has 3 nitrogen and oxygen atoms in total. The van der Waals surface area contributed by atoms with E-state index >= 15 is 0 Å². The van der Waals surface area contributed by atoms with Gasteiger partial charge in [-0.2, -0.15) is 0 Å². The number of esters is 1. The average Bonchev–Trinajstić information content (AvgIpc) is 2.37. The van der Waals surface area contributed by atoms with E-state index in [2.05, 4.69) is 20.8 Å². The summed E-state index contributed by atoms with van der Waals surface area (Å²) in [5, 5.41) is 9.62. The van der Waals surface area contributed by atoms with Crippen LogP contribution < -0.4 is 0 Å². The standard InChI is InChI=1S/C16H30O3/c1-4-7-12(3)15(5-2)16(18)19-11-13-8-6-9-14(17)10-13/h12-15,17H,4-11H2,1-3H3. The normalized spacial score (nSPS) is 26.7. The minimum atomic E-state index is -0.196. The Morgan fingerprint density at radius 3 is 2.68 bits per heavy atom. The molecule has 0 aromatic rings. The average molecular weight is 270 g/mol. The van der Waals surface area contributed by atoms with Gasteiger partial charge >= 0.3 is 5.97 Å². The first-order valence-electron chi connectivity index (χ1n) is 7.93. The van der Waals surface area contributed by atoms with Crippen LogP contribution >= 0.6 is 0 Å². The number of hydrogen-bond donors (Lipinski definition) is 1. The second-order valence-electron chi connectivity index (χ2n) is 6.10. The van der Waals surface area contributed by atoms with Crippen LogP contribution in [0.15, 0.2) is 0 Å². The minimum Gasteiger partial charge on any atom is -0.465 e. The molecule has 1 aliphatic rings. The molecule has 19 heavy (non-hydrogen) atoms. The summed E-state index contributed by atoms with van der Waals surface area (Å²) < 4.78 is 5.50. The number of aliphatic hydroxyl groups is 1. The third-order valence-electron chi connectivity index (χ3n) is 4.39. The van der Waals surface area contributed by atoms with Crippen LogP contribution in [0.2, 0.25) is 0 Å². The molecule has 0 heterocycles. The highest BCUT2D eigenvalue weighted by molar-refractivity contribution is 5.72. The molecule has 0 saturated heterocycles. The predicted octanol–water partition coefficient (Wildman–Crippen LogP) is 3.54. The van der Waals surface area contributed by atoms with E-state index in [4.69, 9.17) is 4.74 Å². The smallest absolute Gasteiger partial charge is 0.309 e. The Kier molecular flexibility index (Phi) is 7.44. The molecule has 1 fully saturated rings. The third kappa shape index (κ3) is 5.52. The number of carbonyl (C=O) groups excluding carboxylic acids is 1. The van der Waals surface area contributed by atoms with Crippen molar-refractivity contribution in [2.75, 3.05) is 6.61 Å². The predicted molar refractivity (Wildman–Crippen MR) is 76.8 cm³/mol. The summed E-state index contributed by atoms with van der Waals surface area (Å²) in [7, 11) is 0. The van der Waals surface area contributed by atoms with Crippen molar-refractivity contribution in [3.63, 3.8) is 0 Å². The largest absolute Gasteiger partial charge is 0.465 e. The first kappa shape index (κ1) is 16.5. The highest BCUT2D eigenvalue weighted by atomic mass is 16.5. The van der Waals surface area contributed by atoms with Gasteiger partial charge in [-0.1, -0.05) is 40.0 Å². The van der Waals surface area contributed by atoms with Gasteiger partial charge in [-0.25, -0.2) is 0 Å². The molecule has 0 amide bonds. The summed E-state index contributed by atoms with van der Waals surface area (Å²) in [4.78, 5) is 12.1. The lowest BCUT2D eigenvalue weighted by atomic mass is 9.87. The molecule has 0 bridgehead atoms. The van der Waals surface area contributed by atoms with E-state index in [0.29, 0.717) is 18.4 Å². The summed E-state index contributed by atoms with van der Waals surface area (Å²) in [6, 6.07) is 0. The van der Waals surface area contributed by atoms with E-state index in [-0.39, 0.29) is 18.0 Å². The van der Waals surface area contributed by atoms with E-state index in [9.17, 15) is 9.90 Å². The van der Waals surface area contributed by atoms with Crippen molar-refractivity contribution in [3.8, 4) is 0 Å². The highest BCUT2D eigenvalue weighted by Gasteiger charge is 2.26. The Bertz CT molecular complexity index is 265. The van der Waals surface area contributed by atoms with Crippen LogP contribution in [0, 0.1) is 17.8 Å². The summed E-state index contributed by atoms with van der Waals surface area (Å²) in [6.45, 7) is 6.84. The molecule has 3 heteroatoms. The van der Waals surface area contributed by atoms with Crippen LogP contribution in [-0.2, 0) is 9.53 Å². The van der Waals surface area contributed by atoms with Gasteiger partial charge in [0.25, 0.3) is 0 Å². The van der Waals surface area contributed by atoms with Gasteiger partial charge in [0.1, 0.15) is 0 Å². The number of ether oxygens (including phenoxy) is 1. The van der Waals surface area contributed by atoms with Gasteiger partial charge in [0, 0.05) is 0 Å². The van der Waals surface area contributed by atoms with Crippen LogP contribution in [-0.4, -0.2) is 23.8 Å². The van der Waals surface area contributed by atoms with Crippen LogP contribution in [0.25, 0.3) is 0 Å². The minimum absolute atomic E-state index is 0.0356. The van der Waals surface area contributed by atoms with Crippen molar-refractivity contribution in [2.45, 2.75) is 71.8 Å². The maximum absolute atomic E-state index is 12.1. The molecule has 0 aliphatic heterocycles. The molecule has 1 N–H and O–H groups in total. The Balaban J connectivity index is 2.35. The van der Waals surface area contributed by atoms with Crippen LogP contribution in [0.5, 0.6) is 0 Å². The number of rotatable bonds is 7. The van der Waals surface area contributed by atoms with Gasteiger partial charge in [-0.05, 0) is 37.5 Å².